The molecule has 4 aromatic rings. The number of methoxy groups -OCH3 is 1. The first-order valence-corrected chi connectivity index (χ1v) is 13.6. The monoisotopic (exact) mass is 539 g/mol. The zero-order valence-electron chi connectivity index (χ0n) is 20.1. The summed E-state index contributed by atoms with van der Waals surface area (Å²) in [4.78, 5) is 24.8. The molecule has 192 valence electrons. The molecule has 2 aromatic heterocycles. The number of pyridine rings is 1. The zero-order valence-corrected chi connectivity index (χ0v) is 21.7. The lowest BCUT2D eigenvalue weighted by Crippen LogP contribution is -2.49. The number of benzene rings is 2. The maximum atomic E-state index is 13.6. The highest BCUT2D eigenvalue weighted by Gasteiger charge is 2.28. The molecule has 1 aliphatic rings. The minimum Gasteiger partial charge on any atom is -0.495 e. The Kier molecular flexibility index (Phi) is 7.05. The van der Waals surface area contributed by atoms with Gasteiger partial charge in [-0.05, 0) is 42.5 Å². The fraction of sp³-hybridized carbons (Fsp3) is 0.231. The molecule has 2 N–H and O–H groups in total. The number of carbonyl (C=O) groups excluding carboxylic acids is 1. The van der Waals surface area contributed by atoms with Crippen LogP contribution < -0.4 is 15.0 Å². The van der Waals surface area contributed by atoms with Gasteiger partial charge in [0.2, 0.25) is 15.7 Å². The zero-order chi connectivity index (χ0) is 26.0. The Morgan fingerprint density at radius 2 is 1.84 bits per heavy atom. The topological polar surface area (TPSA) is 108 Å². The maximum Gasteiger partial charge on any atom is 0.239 e. The van der Waals surface area contributed by atoms with Crippen molar-refractivity contribution in [3.63, 3.8) is 0 Å². The Hall–Kier alpha value is -3.60. The van der Waals surface area contributed by atoms with Gasteiger partial charge in [-0.15, -0.1) is 0 Å². The van der Waals surface area contributed by atoms with Crippen LogP contribution in [0.2, 0.25) is 5.02 Å². The average Bonchev–Trinajstić information content (AvgIpc) is 3.27. The highest BCUT2D eigenvalue weighted by molar-refractivity contribution is 7.92. The van der Waals surface area contributed by atoms with Crippen molar-refractivity contribution < 1.29 is 17.9 Å². The van der Waals surface area contributed by atoms with Crippen molar-refractivity contribution in [2.45, 2.75) is 9.79 Å². The second kappa shape index (κ2) is 10.4. The molecule has 1 saturated heterocycles. The van der Waals surface area contributed by atoms with Gasteiger partial charge in [0.1, 0.15) is 22.3 Å². The van der Waals surface area contributed by atoms with Gasteiger partial charge in [-0.3, -0.25) is 9.69 Å². The quantitative estimate of drug-likeness (QED) is 0.367. The van der Waals surface area contributed by atoms with Crippen LogP contribution in [-0.2, 0) is 14.6 Å². The van der Waals surface area contributed by atoms with Gasteiger partial charge in [0.15, 0.2) is 0 Å². The Morgan fingerprint density at radius 1 is 1.08 bits per heavy atom. The number of amides is 1. The highest BCUT2D eigenvalue weighted by Crippen LogP contribution is 2.36. The molecule has 0 unspecified atom stereocenters. The summed E-state index contributed by atoms with van der Waals surface area (Å²) in [5.41, 5.74) is 0.565. The fourth-order valence-electron chi connectivity index (χ4n) is 4.42. The third kappa shape index (κ3) is 5.27. The van der Waals surface area contributed by atoms with Crippen molar-refractivity contribution in [3.8, 4) is 5.75 Å². The van der Waals surface area contributed by atoms with Gasteiger partial charge in [-0.1, -0.05) is 29.8 Å². The van der Waals surface area contributed by atoms with Crippen LogP contribution in [0, 0.1) is 0 Å². The molecule has 5 rings (SSSR count). The van der Waals surface area contributed by atoms with Gasteiger partial charge in [0.05, 0.1) is 24.7 Å². The Bertz CT molecular complexity index is 1520. The van der Waals surface area contributed by atoms with E-state index in [9.17, 15) is 13.2 Å². The third-order valence-electron chi connectivity index (χ3n) is 6.32. The minimum atomic E-state index is -3.93. The van der Waals surface area contributed by atoms with Crippen LogP contribution in [0.3, 0.4) is 0 Å². The number of aromatic nitrogens is 2. The molecule has 1 amide bonds. The summed E-state index contributed by atoms with van der Waals surface area (Å²) in [6.07, 6.45) is 1.68. The van der Waals surface area contributed by atoms with Crippen LogP contribution >= 0.6 is 11.6 Å². The largest absolute Gasteiger partial charge is 0.495 e. The number of piperazine rings is 1. The maximum absolute atomic E-state index is 13.6. The third-order valence-corrected chi connectivity index (χ3v) is 8.41. The molecule has 37 heavy (non-hydrogen) atoms. The van der Waals surface area contributed by atoms with E-state index in [0.717, 1.165) is 5.82 Å². The number of carbonyl (C=O) groups is 1. The van der Waals surface area contributed by atoms with Crippen LogP contribution in [0.25, 0.3) is 10.9 Å². The summed E-state index contributed by atoms with van der Waals surface area (Å²) in [7, 11) is -2.33. The first kappa shape index (κ1) is 25.1. The summed E-state index contributed by atoms with van der Waals surface area (Å²) in [5.74, 6) is 1.38. The summed E-state index contributed by atoms with van der Waals surface area (Å²) in [6, 6.07) is 16.9. The molecule has 0 saturated carbocycles. The molecule has 0 atom stereocenters. The molecule has 1 fully saturated rings. The number of ether oxygens (including phenoxy) is 1. The summed E-state index contributed by atoms with van der Waals surface area (Å²) in [6.45, 7) is 2.89. The van der Waals surface area contributed by atoms with Gasteiger partial charge in [-0.25, -0.2) is 13.4 Å². The molecule has 2 aromatic carbocycles. The van der Waals surface area contributed by atoms with E-state index in [-0.39, 0.29) is 28.1 Å². The lowest BCUT2D eigenvalue weighted by atomic mass is 10.2. The van der Waals surface area contributed by atoms with E-state index in [1.807, 2.05) is 17.0 Å². The smallest absolute Gasteiger partial charge is 0.239 e. The second-order valence-electron chi connectivity index (χ2n) is 8.70. The minimum absolute atomic E-state index is 0.0000468. The van der Waals surface area contributed by atoms with Crippen molar-refractivity contribution in [2.75, 3.05) is 50.1 Å². The SMILES string of the molecule is COc1ccc(N2CCN(CC(=O)Nc3[nH]c4ccc(Cl)cc4c3S(=O)(=O)c3ccccc3)CC2)nc1. The van der Waals surface area contributed by atoms with Gasteiger partial charge >= 0.3 is 0 Å². The number of anilines is 2. The van der Waals surface area contributed by atoms with Gasteiger partial charge in [0.25, 0.3) is 0 Å². The first-order valence-electron chi connectivity index (χ1n) is 11.7. The fourth-order valence-corrected chi connectivity index (χ4v) is 6.17. The van der Waals surface area contributed by atoms with Gasteiger partial charge in [-0.2, -0.15) is 0 Å². The number of hydrogen-bond acceptors (Lipinski definition) is 7. The van der Waals surface area contributed by atoms with Crippen molar-refractivity contribution in [2.24, 2.45) is 0 Å². The number of sulfone groups is 1. The number of nitrogens with one attached hydrogen (secondary N) is 2. The van der Waals surface area contributed by atoms with Crippen molar-refractivity contribution in [1.82, 2.24) is 14.9 Å². The lowest BCUT2D eigenvalue weighted by molar-refractivity contribution is -0.117. The van der Waals surface area contributed by atoms with Crippen molar-refractivity contribution in [1.29, 1.82) is 0 Å². The van der Waals surface area contributed by atoms with Crippen LogP contribution in [0.4, 0.5) is 11.6 Å². The van der Waals surface area contributed by atoms with Crippen LogP contribution in [0.5, 0.6) is 5.75 Å². The number of fused-ring (bicyclic) bond motifs is 1. The Morgan fingerprint density at radius 3 is 2.51 bits per heavy atom. The van der Waals surface area contributed by atoms with E-state index >= 15 is 0 Å². The van der Waals surface area contributed by atoms with E-state index in [1.54, 1.807) is 49.7 Å². The normalized spacial score (nSPS) is 14.6. The molecule has 9 nitrogen and oxygen atoms in total. The van der Waals surface area contributed by atoms with Crippen LogP contribution in [0.15, 0.2) is 76.7 Å². The van der Waals surface area contributed by atoms with Crippen molar-refractivity contribution in [3.05, 3.63) is 71.9 Å². The molecule has 1 aliphatic heterocycles. The second-order valence-corrected chi connectivity index (χ2v) is 11.0. The first-order chi connectivity index (χ1) is 17.8. The number of nitrogens with zero attached hydrogens (tertiary/aromatic N) is 3. The number of aromatic amines is 1. The standard InChI is InChI=1S/C26H26ClN5O4S/c1-36-19-8-10-23(28-16-19)32-13-11-31(12-14-32)17-24(33)30-26-25(21-15-18(27)7-9-22(21)29-26)37(34,35)20-5-3-2-4-6-20/h2-10,15-16,29H,11-14,17H2,1H3,(H,30,33). The number of rotatable bonds is 7. The predicted molar refractivity (Wildman–Crippen MR) is 143 cm³/mol. The average molecular weight is 540 g/mol. The van der Waals surface area contributed by atoms with Gasteiger partial charge in [0, 0.05) is 42.1 Å². The van der Waals surface area contributed by atoms with E-state index in [0.29, 0.717) is 47.9 Å². The molecule has 0 spiro atoms. The lowest BCUT2D eigenvalue weighted by Gasteiger charge is -2.35. The summed E-state index contributed by atoms with van der Waals surface area (Å²) < 4.78 is 32.3. The summed E-state index contributed by atoms with van der Waals surface area (Å²) in [5, 5.41) is 3.62. The highest BCUT2D eigenvalue weighted by atomic mass is 35.5. The van der Waals surface area contributed by atoms with Crippen LogP contribution in [0.1, 0.15) is 0 Å². The van der Waals surface area contributed by atoms with E-state index in [2.05, 4.69) is 20.2 Å². The van der Waals surface area contributed by atoms with E-state index < -0.39 is 9.84 Å². The van der Waals surface area contributed by atoms with Crippen LogP contribution in [-0.4, -0.2) is 69.0 Å². The molecule has 0 bridgehead atoms. The molecule has 0 radical (unpaired) electrons. The number of halogens is 1. The Balaban J connectivity index is 1.32. The summed E-state index contributed by atoms with van der Waals surface area (Å²) >= 11 is 6.18. The Labute approximate surface area is 219 Å². The van der Waals surface area contributed by atoms with Gasteiger partial charge < -0.3 is 19.9 Å². The predicted octanol–water partition coefficient (Wildman–Crippen LogP) is 3.82. The molecular formula is C26H26ClN5O4S. The molecule has 11 heteroatoms. The molecular weight excluding hydrogens is 514 g/mol. The number of hydrogen-bond donors (Lipinski definition) is 2. The molecule has 3 heterocycles. The van der Waals surface area contributed by atoms with E-state index in [1.165, 1.54) is 12.1 Å². The molecule has 0 aliphatic carbocycles. The van der Waals surface area contributed by atoms with Crippen molar-refractivity contribution >= 4 is 49.9 Å². The van der Waals surface area contributed by atoms with E-state index in [4.69, 9.17) is 16.3 Å². The number of H-pyrrole nitrogens is 1.